The molecule has 10 heavy (non-hydrogen) atoms. The zero-order chi connectivity index (χ0) is 4.24. The van der Waals surface area contributed by atoms with E-state index in [0.29, 0.717) is 0 Å². The van der Waals surface area contributed by atoms with Crippen LogP contribution in [0.1, 0.15) is 0 Å². The standard InChI is InChI=1S/C6H5.3ClH.Zr/c1-2-4-6-5-3-1;;;;/h1-5H;3*1H;/q-1;;;;. The Morgan fingerprint density at radius 1 is 0.700 bits per heavy atom. The molecule has 0 aromatic heterocycles. The molecule has 0 fully saturated rings. The van der Waals surface area contributed by atoms with Crippen LogP contribution < -0.4 is 0 Å². The van der Waals surface area contributed by atoms with Crippen molar-refractivity contribution in [3.05, 3.63) is 36.4 Å². The molecule has 1 aromatic rings. The first-order valence-corrected chi connectivity index (χ1v) is 1.91. The van der Waals surface area contributed by atoms with Crippen LogP contribution in [0.25, 0.3) is 0 Å². The Morgan fingerprint density at radius 3 is 1.20 bits per heavy atom. The SMILES string of the molecule is Cl.Cl.Cl.[Zr].[c-]1ccccc1. The molecule has 0 heterocycles. The second kappa shape index (κ2) is 16.5. The Balaban J connectivity index is -0.0000000450. The van der Waals surface area contributed by atoms with Gasteiger partial charge in [0.25, 0.3) is 0 Å². The Morgan fingerprint density at radius 2 is 1.10 bits per heavy atom. The van der Waals surface area contributed by atoms with Crippen molar-refractivity contribution in [3.8, 4) is 0 Å². The summed E-state index contributed by atoms with van der Waals surface area (Å²) in [7, 11) is 0. The average Bonchev–Trinajstić information content (AvgIpc) is 1.72. The zero-order valence-corrected chi connectivity index (χ0v) is 10.0. The van der Waals surface area contributed by atoms with E-state index < -0.39 is 0 Å². The van der Waals surface area contributed by atoms with E-state index >= 15 is 0 Å². The van der Waals surface area contributed by atoms with Gasteiger partial charge in [-0.2, -0.15) is 36.4 Å². The predicted molar refractivity (Wildman–Crippen MR) is 47.0 cm³/mol. The van der Waals surface area contributed by atoms with Crippen molar-refractivity contribution in [3.63, 3.8) is 0 Å². The number of hydrogen-bond donors (Lipinski definition) is 0. The van der Waals surface area contributed by atoms with Crippen molar-refractivity contribution < 1.29 is 26.2 Å². The summed E-state index contributed by atoms with van der Waals surface area (Å²) in [5.41, 5.74) is 0. The molecular weight excluding hydrogens is 270 g/mol. The van der Waals surface area contributed by atoms with Gasteiger partial charge in [0.05, 0.1) is 0 Å². The molecule has 0 aliphatic rings. The molecule has 0 nitrogen and oxygen atoms in total. The minimum Gasteiger partial charge on any atom is -0.184 e. The monoisotopic (exact) mass is 275 g/mol. The van der Waals surface area contributed by atoms with Gasteiger partial charge in [0.2, 0.25) is 0 Å². The predicted octanol–water partition coefficient (Wildman–Crippen LogP) is 2.75. The second-order valence-corrected chi connectivity index (χ2v) is 1.08. The normalized spacial score (nSPS) is 4.80. The van der Waals surface area contributed by atoms with Crippen molar-refractivity contribution in [2.24, 2.45) is 0 Å². The van der Waals surface area contributed by atoms with Crippen LogP contribution in [0.15, 0.2) is 30.3 Å². The number of hydrogen-bond acceptors (Lipinski definition) is 0. The third kappa shape index (κ3) is 11.7. The molecule has 4 heteroatoms. The van der Waals surface area contributed by atoms with E-state index in [2.05, 4.69) is 6.07 Å². The summed E-state index contributed by atoms with van der Waals surface area (Å²) in [6.45, 7) is 0. The van der Waals surface area contributed by atoms with Crippen LogP contribution in [0.2, 0.25) is 0 Å². The molecule has 1 rings (SSSR count). The van der Waals surface area contributed by atoms with Gasteiger partial charge in [0.15, 0.2) is 0 Å². The van der Waals surface area contributed by atoms with Crippen LogP contribution in [-0.2, 0) is 26.2 Å². The molecule has 0 bridgehead atoms. The molecule has 0 saturated carbocycles. The molecule has 0 atom stereocenters. The van der Waals surface area contributed by atoms with E-state index in [1.54, 1.807) is 0 Å². The molecule has 0 radical (unpaired) electrons. The Labute approximate surface area is 99.1 Å². The van der Waals surface area contributed by atoms with E-state index in [0.717, 1.165) is 0 Å². The van der Waals surface area contributed by atoms with Gasteiger partial charge < -0.3 is 0 Å². The average molecular weight is 278 g/mol. The summed E-state index contributed by atoms with van der Waals surface area (Å²) < 4.78 is 0. The summed E-state index contributed by atoms with van der Waals surface area (Å²) in [4.78, 5) is 0. The van der Waals surface area contributed by atoms with Crippen molar-refractivity contribution >= 4 is 37.2 Å². The van der Waals surface area contributed by atoms with Gasteiger partial charge in [-0.25, -0.2) is 0 Å². The van der Waals surface area contributed by atoms with Crippen LogP contribution in [0.4, 0.5) is 0 Å². The quantitative estimate of drug-likeness (QED) is 0.640. The summed E-state index contributed by atoms with van der Waals surface area (Å²) in [6, 6.07) is 12.5. The summed E-state index contributed by atoms with van der Waals surface area (Å²) in [5, 5.41) is 0. The number of halogens is 3. The van der Waals surface area contributed by atoms with E-state index in [1.807, 2.05) is 30.3 Å². The van der Waals surface area contributed by atoms with Crippen LogP contribution in [0.3, 0.4) is 0 Å². The minimum absolute atomic E-state index is 0. The molecule has 0 saturated heterocycles. The van der Waals surface area contributed by atoms with E-state index in [4.69, 9.17) is 0 Å². The topological polar surface area (TPSA) is 0 Å². The second-order valence-electron chi connectivity index (χ2n) is 1.08. The van der Waals surface area contributed by atoms with E-state index in [9.17, 15) is 0 Å². The molecule has 0 amide bonds. The molecule has 0 aliphatic carbocycles. The van der Waals surface area contributed by atoms with Gasteiger partial charge in [-0.3, -0.25) is 0 Å². The van der Waals surface area contributed by atoms with Gasteiger partial charge in [-0.05, 0) is 0 Å². The molecule has 0 N–H and O–H groups in total. The van der Waals surface area contributed by atoms with Crippen LogP contribution in [-0.4, -0.2) is 0 Å². The Kier molecular flexibility index (Phi) is 37.1. The van der Waals surface area contributed by atoms with Crippen molar-refractivity contribution in [1.29, 1.82) is 0 Å². The smallest absolute Gasteiger partial charge is 0 e. The maximum absolute atomic E-state index is 2.89. The molecule has 0 unspecified atom stereocenters. The maximum atomic E-state index is 2.89. The number of benzene rings is 1. The fraction of sp³-hybridized carbons (Fsp3) is 0. The Hall–Kier alpha value is 0.973. The van der Waals surface area contributed by atoms with Gasteiger partial charge in [-0.1, -0.05) is 0 Å². The van der Waals surface area contributed by atoms with Gasteiger partial charge in [-0.15, -0.1) is 37.2 Å². The third-order valence-corrected chi connectivity index (χ3v) is 0.607. The maximum Gasteiger partial charge on any atom is 0 e. The third-order valence-electron chi connectivity index (χ3n) is 0.607. The van der Waals surface area contributed by atoms with Gasteiger partial charge >= 0.3 is 0 Å². The van der Waals surface area contributed by atoms with Crippen molar-refractivity contribution in [2.75, 3.05) is 0 Å². The summed E-state index contributed by atoms with van der Waals surface area (Å²) >= 11 is 0. The minimum atomic E-state index is 0. The summed E-state index contributed by atoms with van der Waals surface area (Å²) in [6.07, 6.45) is 0. The van der Waals surface area contributed by atoms with Crippen LogP contribution in [0, 0.1) is 6.07 Å². The Bertz CT molecular complexity index is 84.9. The van der Waals surface area contributed by atoms with Crippen LogP contribution >= 0.6 is 37.2 Å². The molecule has 0 aliphatic heterocycles. The largest absolute Gasteiger partial charge is 0.184 e. The molecule has 0 spiro atoms. The van der Waals surface area contributed by atoms with E-state index in [-0.39, 0.29) is 63.4 Å². The van der Waals surface area contributed by atoms with Crippen molar-refractivity contribution in [2.45, 2.75) is 0 Å². The van der Waals surface area contributed by atoms with Crippen molar-refractivity contribution in [1.82, 2.24) is 0 Å². The summed E-state index contributed by atoms with van der Waals surface area (Å²) in [5.74, 6) is 0. The fourth-order valence-corrected chi connectivity index (χ4v) is 0.342. The first kappa shape index (κ1) is 22.4. The van der Waals surface area contributed by atoms with E-state index in [1.165, 1.54) is 0 Å². The van der Waals surface area contributed by atoms with Gasteiger partial charge in [0.1, 0.15) is 0 Å². The first-order chi connectivity index (χ1) is 3.00. The van der Waals surface area contributed by atoms with Crippen LogP contribution in [0.5, 0.6) is 0 Å². The molecular formula is C6H8Cl3Zr-. The zero-order valence-electron chi connectivity index (χ0n) is 5.11. The molecule has 58 valence electrons. The number of rotatable bonds is 0. The molecule has 1 aromatic carbocycles. The first-order valence-electron chi connectivity index (χ1n) is 1.91. The van der Waals surface area contributed by atoms with Gasteiger partial charge in [0, 0.05) is 26.2 Å². The fourth-order valence-electron chi connectivity index (χ4n) is 0.342.